The highest BCUT2D eigenvalue weighted by Gasteiger charge is 2.13. The van der Waals surface area contributed by atoms with Crippen LogP contribution in [0, 0.1) is 0 Å². The number of amides is 2. The molecule has 1 aromatic heterocycles. The predicted octanol–water partition coefficient (Wildman–Crippen LogP) is 3.22. The van der Waals surface area contributed by atoms with Crippen molar-refractivity contribution in [1.29, 1.82) is 0 Å². The maximum absolute atomic E-state index is 12.6. The molecule has 1 heterocycles. The fourth-order valence-electron chi connectivity index (χ4n) is 2.52. The first kappa shape index (κ1) is 19.6. The van der Waals surface area contributed by atoms with Gasteiger partial charge in [0.15, 0.2) is 0 Å². The maximum atomic E-state index is 12.6. The van der Waals surface area contributed by atoms with Crippen LogP contribution in [0.1, 0.15) is 52.5 Å². The van der Waals surface area contributed by atoms with Crippen molar-refractivity contribution in [2.24, 2.45) is 0 Å². The number of para-hydroxylation sites is 1. The zero-order chi connectivity index (χ0) is 18.9. The minimum absolute atomic E-state index is 0.258. The van der Waals surface area contributed by atoms with Crippen LogP contribution in [0.15, 0.2) is 42.7 Å². The van der Waals surface area contributed by atoms with Crippen LogP contribution in [-0.4, -0.2) is 37.1 Å². The summed E-state index contributed by atoms with van der Waals surface area (Å²) in [6.07, 6.45) is 3.63. The summed E-state index contributed by atoms with van der Waals surface area (Å²) < 4.78 is 4.95. The fraction of sp³-hybridized carbons (Fsp3) is 0.350. The third-order valence-corrected chi connectivity index (χ3v) is 3.90. The molecule has 138 valence electrons. The third-order valence-electron chi connectivity index (χ3n) is 3.90. The molecule has 2 amide bonds. The lowest BCUT2D eigenvalue weighted by molar-refractivity contribution is 0.0948. The average Bonchev–Trinajstić information content (AvgIpc) is 2.65. The zero-order valence-electron chi connectivity index (χ0n) is 15.4. The second kappa shape index (κ2) is 9.68. The first-order valence-electron chi connectivity index (χ1n) is 8.65. The SMILES string of the molecule is COCCCNC(=O)c1cncc(C(=O)Nc2ccccc2C(C)C)c1. The van der Waals surface area contributed by atoms with Crippen molar-refractivity contribution in [3.8, 4) is 0 Å². The van der Waals surface area contributed by atoms with Crippen molar-refractivity contribution >= 4 is 17.5 Å². The van der Waals surface area contributed by atoms with Crippen molar-refractivity contribution < 1.29 is 14.3 Å². The highest BCUT2D eigenvalue weighted by Crippen LogP contribution is 2.24. The van der Waals surface area contributed by atoms with Crippen LogP contribution in [0.2, 0.25) is 0 Å². The molecular formula is C20H25N3O3. The van der Waals surface area contributed by atoms with E-state index in [9.17, 15) is 9.59 Å². The Morgan fingerprint density at radius 3 is 2.50 bits per heavy atom. The van der Waals surface area contributed by atoms with E-state index in [0.29, 0.717) is 24.3 Å². The molecule has 2 rings (SSSR count). The summed E-state index contributed by atoms with van der Waals surface area (Å²) in [4.78, 5) is 28.7. The lowest BCUT2D eigenvalue weighted by atomic mass is 10.0. The molecule has 0 saturated heterocycles. The van der Waals surface area contributed by atoms with E-state index >= 15 is 0 Å². The Bertz CT molecular complexity index is 759. The summed E-state index contributed by atoms with van der Waals surface area (Å²) in [6, 6.07) is 9.23. The number of methoxy groups -OCH3 is 1. The maximum Gasteiger partial charge on any atom is 0.257 e. The van der Waals surface area contributed by atoms with Crippen LogP contribution < -0.4 is 10.6 Å². The summed E-state index contributed by atoms with van der Waals surface area (Å²) in [7, 11) is 1.62. The second-order valence-corrected chi connectivity index (χ2v) is 6.26. The molecule has 2 aromatic rings. The van der Waals surface area contributed by atoms with Crippen molar-refractivity contribution in [3.05, 3.63) is 59.4 Å². The van der Waals surface area contributed by atoms with Gasteiger partial charge in [0.25, 0.3) is 11.8 Å². The van der Waals surface area contributed by atoms with E-state index in [1.54, 1.807) is 13.2 Å². The van der Waals surface area contributed by atoms with Crippen molar-refractivity contribution in [2.75, 3.05) is 25.6 Å². The van der Waals surface area contributed by atoms with Gasteiger partial charge in [-0.25, -0.2) is 0 Å². The summed E-state index contributed by atoms with van der Waals surface area (Å²) in [5.74, 6) is -0.265. The van der Waals surface area contributed by atoms with Crippen LogP contribution in [-0.2, 0) is 4.74 Å². The average molecular weight is 355 g/mol. The van der Waals surface area contributed by atoms with E-state index in [2.05, 4.69) is 29.5 Å². The third kappa shape index (κ3) is 5.39. The summed E-state index contributed by atoms with van der Waals surface area (Å²) in [5.41, 5.74) is 2.52. The normalized spacial score (nSPS) is 10.6. The molecule has 0 bridgehead atoms. The van der Waals surface area contributed by atoms with Gasteiger partial charge in [0.1, 0.15) is 0 Å². The van der Waals surface area contributed by atoms with Crippen molar-refractivity contribution in [1.82, 2.24) is 10.3 Å². The van der Waals surface area contributed by atoms with Gasteiger partial charge in [-0.3, -0.25) is 14.6 Å². The van der Waals surface area contributed by atoms with Crippen LogP contribution in [0.5, 0.6) is 0 Å². The van der Waals surface area contributed by atoms with Crippen LogP contribution in [0.4, 0.5) is 5.69 Å². The van der Waals surface area contributed by atoms with E-state index < -0.39 is 0 Å². The number of ether oxygens (including phenoxy) is 1. The number of pyridine rings is 1. The molecule has 0 aliphatic carbocycles. The van der Waals surface area contributed by atoms with Gasteiger partial charge in [0.05, 0.1) is 11.1 Å². The smallest absolute Gasteiger partial charge is 0.257 e. The monoisotopic (exact) mass is 355 g/mol. The van der Waals surface area contributed by atoms with Gasteiger partial charge in [-0.05, 0) is 30.0 Å². The van der Waals surface area contributed by atoms with Crippen LogP contribution in [0.25, 0.3) is 0 Å². The van der Waals surface area contributed by atoms with Gasteiger partial charge in [0, 0.05) is 38.3 Å². The largest absolute Gasteiger partial charge is 0.385 e. The lowest BCUT2D eigenvalue weighted by Crippen LogP contribution is -2.26. The standard InChI is InChI=1S/C20H25N3O3/c1-14(2)17-7-4-5-8-18(17)23-20(25)16-11-15(12-21-13-16)19(24)22-9-6-10-26-3/h4-5,7-8,11-14H,6,9-10H2,1-3H3,(H,22,24)(H,23,25). The van der Waals surface area contributed by atoms with E-state index in [1.165, 1.54) is 12.4 Å². The molecule has 0 aliphatic heterocycles. The van der Waals surface area contributed by atoms with Gasteiger partial charge in [-0.2, -0.15) is 0 Å². The van der Waals surface area contributed by atoms with Gasteiger partial charge in [0.2, 0.25) is 0 Å². The molecule has 0 saturated carbocycles. The van der Waals surface area contributed by atoms with Gasteiger partial charge < -0.3 is 15.4 Å². The molecule has 6 heteroatoms. The number of nitrogens with zero attached hydrogens (tertiary/aromatic N) is 1. The summed E-state index contributed by atoms with van der Waals surface area (Å²) in [6.45, 7) is 5.23. The number of nitrogens with one attached hydrogen (secondary N) is 2. The summed E-state index contributed by atoms with van der Waals surface area (Å²) >= 11 is 0. The molecule has 6 nitrogen and oxygen atoms in total. The highest BCUT2D eigenvalue weighted by molar-refractivity contribution is 6.06. The molecule has 2 N–H and O–H groups in total. The number of carbonyl (C=O) groups is 2. The molecular weight excluding hydrogens is 330 g/mol. The Morgan fingerprint density at radius 1 is 1.12 bits per heavy atom. The molecule has 0 radical (unpaired) electrons. The van der Waals surface area contributed by atoms with Crippen molar-refractivity contribution in [2.45, 2.75) is 26.2 Å². The summed E-state index contributed by atoms with van der Waals surface area (Å²) in [5, 5.41) is 5.69. The fourth-order valence-corrected chi connectivity index (χ4v) is 2.52. The number of benzene rings is 1. The van der Waals surface area contributed by atoms with Gasteiger partial charge >= 0.3 is 0 Å². The van der Waals surface area contributed by atoms with E-state index in [1.807, 2.05) is 24.3 Å². The van der Waals surface area contributed by atoms with Crippen LogP contribution >= 0.6 is 0 Å². The highest BCUT2D eigenvalue weighted by atomic mass is 16.5. The molecule has 0 spiro atoms. The lowest BCUT2D eigenvalue weighted by Gasteiger charge is -2.13. The van der Waals surface area contributed by atoms with Crippen molar-refractivity contribution in [3.63, 3.8) is 0 Å². The number of hydrogen-bond acceptors (Lipinski definition) is 4. The second-order valence-electron chi connectivity index (χ2n) is 6.26. The number of aromatic nitrogens is 1. The Balaban J connectivity index is 2.07. The van der Waals surface area contributed by atoms with Gasteiger partial charge in [-0.15, -0.1) is 0 Å². The number of anilines is 1. The van der Waals surface area contributed by atoms with Gasteiger partial charge in [-0.1, -0.05) is 32.0 Å². The van der Waals surface area contributed by atoms with Crippen LogP contribution in [0.3, 0.4) is 0 Å². The predicted molar refractivity (Wildman–Crippen MR) is 102 cm³/mol. The van der Waals surface area contributed by atoms with E-state index in [-0.39, 0.29) is 17.7 Å². The molecule has 26 heavy (non-hydrogen) atoms. The first-order valence-corrected chi connectivity index (χ1v) is 8.65. The topological polar surface area (TPSA) is 80.3 Å². The first-order chi connectivity index (χ1) is 12.5. The molecule has 0 aliphatic rings. The minimum Gasteiger partial charge on any atom is -0.385 e. The molecule has 1 aromatic carbocycles. The Hall–Kier alpha value is -2.73. The Morgan fingerprint density at radius 2 is 1.81 bits per heavy atom. The number of rotatable bonds is 8. The molecule has 0 atom stereocenters. The van der Waals surface area contributed by atoms with E-state index in [0.717, 1.165) is 17.7 Å². The number of hydrogen-bond donors (Lipinski definition) is 2. The van der Waals surface area contributed by atoms with E-state index in [4.69, 9.17) is 4.74 Å². The molecule has 0 fully saturated rings. The quantitative estimate of drug-likeness (QED) is 0.713. The number of carbonyl (C=O) groups excluding carboxylic acids is 2. The minimum atomic E-state index is -0.292. The zero-order valence-corrected chi connectivity index (χ0v) is 15.4. The molecule has 0 unspecified atom stereocenters. The Kier molecular flexibility index (Phi) is 7.29. The Labute approximate surface area is 154 Å².